The van der Waals surface area contributed by atoms with Crippen molar-refractivity contribution in [2.75, 3.05) is 6.54 Å². The third-order valence-corrected chi connectivity index (χ3v) is 6.58. The first-order valence-electron chi connectivity index (χ1n) is 9.64. The maximum Gasteiger partial charge on any atom is 0.223 e. The molecular weight excluding hydrogens is 354 g/mol. The van der Waals surface area contributed by atoms with Crippen molar-refractivity contribution in [3.8, 4) is 0 Å². The number of thiazole rings is 1. The van der Waals surface area contributed by atoms with Crippen molar-refractivity contribution >= 4 is 28.1 Å². The lowest BCUT2D eigenvalue weighted by molar-refractivity contribution is -0.136. The number of para-hydroxylation sites is 1. The fourth-order valence-electron chi connectivity index (χ4n) is 4.34. The molecule has 4 rings (SSSR count). The minimum atomic E-state index is -0.0356. The summed E-state index contributed by atoms with van der Waals surface area (Å²) < 4.78 is 0. The lowest BCUT2D eigenvalue weighted by Crippen LogP contribution is -2.45. The number of hydrogen-bond donors (Lipinski definition) is 1. The van der Waals surface area contributed by atoms with Crippen molar-refractivity contribution in [1.29, 1.82) is 0 Å². The maximum atomic E-state index is 13.2. The minimum Gasteiger partial charge on any atom is -0.356 e. The molecule has 0 saturated carbocycles. The highest BCUT2D eigenvalue weighted by Gasteiger charge is 2.40. The van der Waals surface area contributed by atoms with Crippen LogP contribution in [0.2, 0.25) is 0 Å². The number of aromatic nitrogens is 2. The molecule has 0 saturated heterocycles. The van der Waals surface area contributed by atoms with Crippen molar-refractivity contribution in [3.63, 3.8) is 0 Å². The number of nitrogens with zero attached hydrogens (tertiary/aromatic N) is 2. The topological polar surface area (TPSA) is 49.0 Å². The standard InChI is InChI=1S/C22H27N3OS/c1-14-18(27-13-23-14)9-10-19(26)25-12-11-16-15-7-5-6-8-17(15)24-20(16)21(25)22(2,3)4/h5-8,13,21,24H,9-12H2,1-4H3/t21-/m1/s1. The predicted molar refractivity (Wildman–Crippen MR) is 111 cm³/mol. The molecule has 0 aliphatic carbocycles. The second kappa shape index (κ2) is 6.79. The molecule has 4 nitrogen and oxygen atoms in total. The number of carbonyl (C=O) groups is 1. The van der Waals surface area contributed by atoms with Gasteiger partial charge in [-0.2, -0.15) is 0 Å². The van der Waals surface area contributed by atoms with E-state index in [9.17, 15) is 4.79 Å². The smallest absolute Gasteiger partial charge is 0.223 e. The molecule has 0 unspecified atom stereocenters. The molecule has 1 N–H and O–H groups in total. The number of carbonyl (C=O) groups excluding carboxylic acids is 1. The number of nitrogens with one attached hydrogen (secondary N) is 1. The molecule has 0 fully saturated rings. The Kier molecular flexibility index (Phi) is 4.58. The normalized spacial score (nSPS) is 17.3. The fourth-order valence-corrected chi connectivity index (χ4v) is 5.12. The zero-order valence-corrected chi connectivity index (χ0v) is 17.3. The van der Waals surface area contributed by atoms with Gasteiger partial charge in [-0.1, -0.05) is 39.0 Å². The van der Waals surface area contributed by atoms with Crippen LogP contribution in [0.3, 0.4) is 0 Å². The van der Waals surface area contributed by atoms with Gasteiger partial charge in [0.25, 0.3) is 0 Å². The molecule has 0 bridgehead atoms. The summed E-state index contributed by atoms with van der Waals surface area (Å²) in [5, 5.41) is 1.30. The molecule has 0 spiro atoms. The quantitative estimate of drug-likeness (QED) is 0.691. The van der Waals surface area contributed by atoms with Gasteiger partial charge in [-0.15, -0.1) is 11.3 Å². The highest BCUT2D eigenvalue weighted by molar-refractivity contribution is 7.09. The predicted octanol–water partition coefficient (Wildman–Crippen LogP) is 5.04. The summed E-state index contributed by atoms with van der Waals surface area (Å²) >= 11 is 1.65. The number of benzene rings is 1. The summed E-state index contributed by atoms with van der Waals surface area (Å²) in [4.78, 5) is 24.4. The second-order valence-electron chi connectivity index (χ2n) is 8.53. The molecule has 1 amide bonds. The van der Waals surface area contributed by atoms with Gasteiger partial charge in [0, 0.05) is 34.4 Å². The molecule has 27 heavy (non-hydrogen) atoms. The number of amides is 1. The van der Waals surface area contributed by atoms with E-state index < -0.39 is 0 Å². The van der Waals surface area contributed by atoms with Crippen LogP contribution in [-0.4, -0.2) is 27.3 Å². The Balaban J connectivity index is 1.65. The SMILES string of the molecule is Cc1ncsc1CCC(=O)N1CCc2c([nH]c3ccccc23)[C@@H]1C(C)(C)C. The molecule has 0 radical (unpaired) electrons. The third-order valence-electron chi connectivity index (χ3n) is 5.59. The number of rotatable bonds is 3. The molecule has 1 aliphatic heterocycles. The summed E-state index contributed by atoms with van der Waals surface area (Å²) in [6.07, 6.45) is 2.24. The van der Waals surface area contributed by atoms with Crippen LogP contribution in [0, 0.1) is 12.3 Å². The van der Waals surface area contributed by atoms with E-state index in [2.05, 4.69) is 59.9 Å². The maximum absolute atomic E-state index is 13.2. The van der Waals surface area contributed by atoms with Gasteiger partial charge in [0.1, 0.15) is 0 Å². The Labute approximate surface area is 164 Å². The van der Waals surface area contributed by atoms with E-state index in [-0.39, 0.29) is 17.4 Å². The van der Waals surface area contributed by atoms with Crippen LogP contribution < -0.4 is 0 Å². The summed E-state index contributed by atoms with van der Waals surface area (Å²) in [6.45, 7) is 9.49. The van der Waals surface area contributed by atoms with Gasteiger partial charge in [-0.3, -0.25) is 4.79 Å². The van der Waals surface area contributed by atoms with E-state index >= 15 is 0 Å². The Hall–Kier alpha value is -2.14. The molecule has 1 aliphatic rings. The highest BCUT2D eigenvalue weighted by atomic mass is 32.1. The molecule has 1 atom stereocenters. The Morgan fingerprint density at radius 3 is 2.81 bits per heavy atom. The molecule has 2 aromatic heterocycles. The summed E-state index contributed by atoms with van der Waals surface area (Å²) in [7, 11) is 0. The van der Waals surface area contributed by atoms with E-state index in [0.717, 1.165) is 25.1 Å². The van der Waals surface area contributed by atoms with Crippen LogP contribution in [0.1, 0.15) is 55.1 Å². The number of hydrogen-bond acceptors (Lipinski definition) is 3. The average Bonchev–Trinajstić information content (AvgIpc) is 3.20. The molecule has 3 heterocycles. The van der Waals surface area contributed by atoms with Crippen molar-refractivity contribution in [2.45, 2.75) is 53.0 Å². The molecule has 3 aromatic rings. The van der Waals surface area contributed by atoms with Crippen LogP contribution in [-0.2, 0) is 17.6 Å². The summed E-state index contributed by atoms with van der Waals surface area (Å²) in [5.74, 6) is 0.243. The van der Waals surface area contributed by atoms with Crippen molar-refractivity contribution in [1.82, 2.24) is 14.9 Å². The second-order valence-corrected chi connectivity index (χ2v) is 9.47. The van der Waals surface area contributed by atoms with E-state index in [1.54, 1.807) is 11.3 Å². The van der Waals surface area contributed by atoms with Crippen molar-refractivity contribution < 1.29 is 4.79 Å². The van der Waals surface area contributed by atoms with Crippen LogP contribution in [0.4, 0.5) is 0 Å². The average molecular weight is 382 g/mol. The first kappa shape index (κ1) is 18.2. The van der Waals surface area contributed by atoms with E-state index in [1.807, 2.05) is 12.4 Å². The lowest BCUT2D eigenvalue weighted by atomic mass is 9.79. The van der Waals surface area contributed by atoms with Crippen LogP contribution in [0.5, 0.6) is 0 Å². The Bertz CT molecular complexity index is 979. The first-order chi connectivity index (χ1) is 12.9. The van der Waals surface area contributed by atoms with Gasteiger partial charge in [-0.05, 0) is 36.8 Å². The number of aryl methyl sites for hydroxylation is 2. The number of aromatic amines is 1. The number of fused-ring (bicyclic) bond motifs is 3. The fraction of sp³-hybridized carbons (Fsp3) is 0.455. The zero-order chi connectivity index (χ0) is 19.2. The van der Waals surface area contributed by atoms with Crippen molar-refractivity contribution in [3.05, 3.63) is 51.6 Å². The zero-order valence-electron chi connectivity index (χ0n) is 16.5. The highest BCUT2D eigenvalue weighted by Crippen LogP contribution is 2.44. The lowest BCUT2D eigenvalue weighted by Gasteiger charge is -2.43. The molecule has 1 aromatic carbocycles. The van der Waals surface area contributed by atoms with Gasteiger partial charge < -0.3 is 9.88 Å². The van der Waals surface area contributed by atoms with E-state index in [1.165, 1.54) is 27.0 Å². The molecule has 5 heteroatoms. The largest absolute Gasteiger partial charge is 0.356 e. The van der Waals surface area contributed by atoms with Crippen molar-refractivity contribution in [2.24, 2.45) is 5.41 Å². The van der Waals surface area contributed by atoms with Gasteiger partial charge >= 0.3 is 0 Å². The van der Waals surface area contributed by atoms with Gasteiger partial charge in [0.2, 0.25) is 5.91 Å². The Morgan fingerprint density at radius 2 is 2.11 bits per heavy atom. The van der Waals surface area contributed by atoms with Crippen LogP contribution in [0.15, 0.2) is 29.8 Å². The van der Waals surface area contributed by atoms with Gasteiger partial charge in [0.15, 0.2) is 0 Å². The first-order valence-corrected chi connectivity index (χ1v) is 10.5. The number of H-pyrrole nitrogens is 1. The summed E-state index contributed by atoms with van der Waals surface area (Å²) in [6, 6.07) is 8.55. The molecule has 142 valence electrons. The monoisotopic (exact) mass is 381 g/mol. The van der Waals surface area contributed by atoms with Crippen LogP contribution in [0.25, 0.3) is 10.9 Å². The Morgan fingerprint density at radius 1 is 1.33 bits per heavy atom. The third kappa shape index (κ3) is 3.29. The van der Waals surface area contributed by atoms with Crippen LogP contribution >= 0.6 is 11.3 Å². The molecular formula is C22H27N3OS. The summed E-state index contributed by atoms with van der Waals surface area (Å²) in [5.41, 5.74) is 6.66. The minimum absolute atomic E-state index is 0.0356. The van der Waals surface area contributed by atoms with Gasteiger partial charge in [-0.25, -0.2) is 4.98 Å². The van der Waals surface area contributed by atoms with E-state index in [4.69, 9.17) is 0 Å². The van der Waals surface area contributed by atoms with Gasteiger partial charge in [0.05, 0.1) is 17.2 Å². The van der Waals surface area contributed by atoms with E-state index in [0.29, 0.717) is 6.42 Å².